The van der Waals surface area contributed by atoms with E-state index < -0.39 is 0 Å². The van der Waals surface area contributed by atoms with E-state index >= 15 is 0 Å². The second kappa shape index (κ2) is 7.67. The molecule has 0 bridgehead atoms. The number of carbonyl (C=O) groups is 1. The standard InChI is InChI=1S/C13H27N3O/c1-4-5-9-14-13(17)10-15-16-11(2)7-6-8-12(16)3/h11-12,15H,4-10H2,1-3H3,(H,14,17). The number of amides is 1. The third-order valence-electron chi connectivity index (χ3n) is 3.47. The molecule has 0 spiro atoms. The van der Waals surface area contributed by atoms with Crippen LogP contribution in [0.4, 0.5) is 0 Å². The van der Waals surface area contributed by atoms with E-state index in [9.17, 15) is 4.79 Å². The second-order valence-corrected chi connectivity index (χ2v) is 5.07. The molecule has 1 fully saturated rings. The summed E-state index contributed by atoms with van der Waals surface area (Å²) in [4.78, 5) is 11.6. The first-order valence-corrected chi connectivity index (χ1v) is 6.93. The van der Waals surface area contributed by atoms with E-state index in [1.165, 1.54) is 19.3 Å². The Morgan fingerprint density at radius 1 is 1.29 bits per heavy atom. The van der Waals surface area contributed by atoms with E-state index in [1.807, 2.05) is 0 Å². The first-order chi connectivity index (χ1) is 8.15. The molecule has 1 saturated heterocycles. The zero-order valence-electron chi connectivity index (χ0n) is 11.5. The summed E-state index contributed by atoms with van der Waals surface area (Å²) in [5, 5.41) is 5.16. The van der Waals surface area contributed by atoms with Crippen LogP contribution in [0, 0.1) is 0 Å². The number of nitrogens with one attached hydrogen (secondary N) is 2. The van der Waals surface area contributed by atoms with Gasteiger partial charge in [-0.2, -0.15) is 0 Å². The molecule has 4 heteroatoms. The van der Waals surface area contributed by atoms with Gasteiger partial charge in [0.1, 0.15) is 0 Å². The Kier molecular flexibility index (Phi) is 6.52. The first kappa shape index (κ1) is 14.5. The van der Waals surface area contributed by atoms with Gasteiger partial charge < -0.3 is 5.32 Å². The van der Waals surface area contributed by atoms with Crippen LogP contribution in [-0.2, 0) is 4.79 Å². The normalized spacial score (nSPS) is 25.8. The fraction of sp³-hybridized carbons (Fsp3) is 0.923. The fourth-order valence-electron chi connectivity index (χ4n) is 2.36. The van der Waals surface area contributed by atoms with Gasteiger partial charge in [-0.05, 0) is 33.1 Å². The summed E-state index contributed by atoms with van der Waals surface area (Å²) >= 11 is 0. The van der Waals surface area contributed by atoms with Crippen molar-refractivity contribution < 1.29 is 4.79 Å². The van der Waals surface area contributed by atoms with E-state index in [0.29, 0.717) is 18.6 Å². The molecule has 0 aromatic rings. The molecule has 1 heterocycles. The number of hydrogen-bond donors (Lipinski definition) is 2. The second-order valence-electron chi connectivity index (χ2n) is 5.07. The predicted molar refractivity (Wildman–Crippen MR) is 70.5 cm³/mol. The van der Waals surface area contributed by atoms with Crippen LogP contribution >= 0.6 is 0 Å². The van der Waals surface area contributed by atoms with Crippen LogP contribution in [0.2, 0.25) is 0 Å². The molecule has 0 saturated carbocycles. The summed E-state index contributed by atoms with van der Waals surface area (Å²) in [6, 6.07) is 1.06. The highest BCUT2D eigenvalue weighted by Gasteiger charge is 2.24. The fourth-order valence-corrected chi connectivity index (χ4v) is 2.36. The average Bonchev–Trinajstić information content (AvgIpc) is 2.29. The molecule has 100 valence electrons. The molecule has 0 aromatic heterocycles. The summed E-state index contributed by atoms with van der Waals surface area (Å²) in [5.41, 5.74) is 3.27. The highest BCUT2D eigenvalue weighted by Crippen LogP contribution is 2.19. The van der Waals surface area contributed by atoms with Crippen molar-refractivity contribution in [3.63, 3.8) is 0 Å². The lowest BCUT2D eigenvalue weighted by atomic mass is 10.00. The van der Waals surface area contributed by atoms with Crippen molar-refractivity contribution in [1.82, 2.24) is 15.8 Å². The minimum atomic E-state index is 0.100. The molecule has 1 rings (SSSR count). The maximum absolute atomic E-state index is 11.6. The third kappa shape index (κ3) is 5.04. The van der Waals surface area contributed by atoms with Crippen LogP contribution in [0.15, 0.2) is 0 Å². The quantitative estimate of drug-likeness (QED) is 0.695. The minimum Gasteiger partial charge on any atom is -0.355 e. The number of piperidine rings is 1. The smallest absolute Gasteiger partial charge is 0.235 e. The summed E-state index contributed by atoms with van der Waals surface area (Å²) < 4.78 is 0. The van der Waals surface area contributed by atoms with Crippen LogP contribution in [-0.4, -0.2) is 36.1 Å². The Bertz CT molecular complexity index is 223. The Balaban J connectivity index is 2.21. The van der Waals surface area contributed by atoms with Crippen molar-refractivity contribution in [3.05, 3.63) is 0 Å². The Morgan fingerprint density at radius 2 is 1.94 bits per heavy atom. The molecule has 1 amide bonds. The number of hydrogen-bond acceptors (Lipinski definition) is 3. The Labute approximate surface area is 105 Å². The molecule has 2 N–H and O–H groups in total. The largest absolute Gasteiger partial charge is 0.355 e. The third-order valence-corrected chi connectivity index (χ3v) is 3.47. The van der Waals surface area contributed by atoms with Crippen LogP contribution in [0.1, 0.15) is 52.9 Å². The SMILES string of the molecule is CCCCNC(=O)CNN1C(C)CCCC1C. The van der Waals surface area contributed by atoms with E-state index in [2.05, 4.69) is 36.5 Å². The molecule has 0 aliphatic carbocycles. The zero-order chi connectivity index (χ0) is 12.7. The monoisotopic (exact) mass is 241 g/mol. The van der Waals surface area contributed by atoms with Gasteiger partial charge in [0, 0.05) is 18.6 Å². The number of hydrazine groups is 1. The topological polar surface area (TPSA) is 44.4 Å². The molecule has 2 unspecified atom stereocenters. The summed E-state index contributed by atoms with van der Waals surface area (Å²) in [7, 11) is 0. The molecule has 0 aromatic carbocycles. The van der Waals surface area contributed by atoms with Gasteiger partial charge in [0.05, 0.1) is 6.54 Å². The van der Waals surface area contributed by atoms with Gasteiger partial charge in [-0.25, -0.2) is 10.4 Å². The van der Waals surface area contributed by atoms with Gasteiger partial charge >= 0.3 is 0 Å². The number of unbranched alkanes of at least 4 members (excludes halogenated alkanes) is 1. The molecule has 17 heavy (non-hydrogen) atoms. The van der Waals surface area contributed by atoms with Gasteiger partial charge in [-0.3, -0.25) is 4.79 Å². The molecule has 4 nitrogen and oxygen atoms in total. The maximum atomic E-state index is 11.6. The Hall–Kier alpha value is -0.610. The van der Waals surface area contributed by atoms with E-state index in [-0.39, 0.29) is 5.91 Å². The highest BCUT2D eigenvalue weighted by molar-refractivity contribution is 5.77. The predicted octanol–water partition coefficient (Wildman–Crippen LogP) is 1.67. The van der Waals surface area contributed by atoms with Crippen molar-refractivity contribution in [2.75, 3.05) is 13.1 Å². The lowest BCUT2D eigenvalue weighted by molar-refractivity contribution is -0.121. The molecule has 1 aliphatic rings. The lowest BCUT2D eigenvalue weighted by Gasteiger charge is -2.38. The van der Waals surface area contributed by atoms with Gasteiger partial charge in [0.25, 0.3) is 0 Å². The van der Waals surface area contributed by atoms with Crippen LogP contribution < -0.4 is 10.7 Å². The van der Waals surface area contributed by atoms with Crippen LogP contribution in [0.25, 0.3) is 0 Å². The summed E-state index contributed by atoms with van der Waals surface area (Å²) in [6.07, 6.45) is 5.91. The number of carbonyl (C=O) groups excluding carboxylic acids is 1. The number of rotatable bonds is 6. The van der Waals surface area contributed by atoms with Gasteiger partial charge in [-0.1, -0.05) is 19.8 Å². The van der Waals surface area contributed by atoms with Crippen molar-refractivity contribution in [2.45, 2.75) is 65.0 Å². The van der Waals surface area contributed by atoms with E-state index in [4.69, 9.17) is 0 Å². The zero-order valence-corrected chi connectivity index (χ0v) is 11.5. The molecule has 1 aliphatic heterocycles. The van der Waals surface area contributed by atoms with E-state index in [0.717, 1.165) is 19.4 Å². The first-order valence-electron chi connectivity index (χ1n) is 6.93. The number of nitrogens with zero attached hydrogens (tertiary/aromatic N) is 1. The van der Waals surface area contributed by atoms with Gasteiger partial charge in [-0.15, -0.1) is 0 Å². The van der Waals surface area contributed by atoms with Crippen molar-refractivity contribution in [2.24, 2.45) is 0 Å². The van der Waals surface area contributed by atoms with Crippen molar-refractivity contribution >= 4 is 5.91 Å². The minimum absolute atomic E-state index is 0.100. The van der Waals surface area contributed by atoms with Crippen LogP contribution in [0.3, 0.4) is 0 Å². The molecule has 2 atom stereocenters. The summed E-state index contributed by atoms with van der Waals surface area (Å²) in [6.45, 7) is 7.76. The Morgan fingerprint density at radius 3 is 2.53 bits per heavy atom. The van der Waals surface area contributed by atoms with Crippen molar-refractivity contribution in [1.29, 1.82) is 0 Å². The van der Waals surface area contributed by atoms with Gasteiger partial charge in [0.2, 0.25) is 5.91 Å². The highest BCUT2D eigenvalue weighted by atomic mass is 16.2. The average molecular weight is 241 g/mol. The van der Waals surface area contributed by atoms with Crippen molar-refractivity contribution in [3.8, 4) is 0 Å². The molecular weight excluding hydrogens is 214 g/mol. The lowest BCUT2D eigenvalue weighted by Crippen LogP contribution is -2.54. The van der Waals surface area contributed by atoms with Crippen LogP contribution in [0.5, 0.6) is 0 Å². The summed E-state index contributed by atoms with van der Waals surface area (Å²) in [5.74, 6) is 0.100. The maximum Gasteiger partial charge on any atom is 0.235 e. The van der Waals surface area contributed by atoms with E-state index in [1.54, 1.807) is 0 Å². The molecular formula is C13H27N3O. The molecule has 0 radical (unpaired) electrons. The van der Waals surface area contributed by atoms with Gasteiger partial charge in [0.15, 0.2) is 0 Å².